The molecule has 0 amide bonds. The van der Waals surface area contributed by atoms with Gasteiger partial charge in [-0.05, 0) is 50.2 Å². The summed E-state index contributed by atoms with van der Waals surface area (Å²) in [6.07, 6.45) is 3.36. The van der Waals surface area contributed by atoms with Crippen LogP contribution in [0.15, 0.2) is 42.5 Å². The first kappa shape index (κ1) is 24.3. The Kier molecular flexibility index (Phi) is 7.25. The summed E-state index contributed by atoms with van der Waals surface area (Å²) in [7, 11) is 3.92. The van der Waals surface area contributed by atoms with Crippen LogP contribution in [0.4, 0.5) is 11.8 Å². The monoisotopic (exact) mass is 487 g/mol. The number of likely N-dealkylation sites (N-methyl/N-ethyl adjacent to an activating group) is 1. The molecule has 190 valence electrons. The minimum absolute atomic E-state index is 0.285. The maximum Gasteiger partial charge on any atom is 0.222 e. The van der Waals surface area contributed by atoms with Crippen molar-refractivity contribution in [3.63, 3.8) is 0 Å². The number of benzene rings is 2. The van der Waals surface area contributed by atoms with Gasteiger partial charge < -0.3 is 30.6 Å². The minimum atomic E-state index is 0.285. The largest absolute Gasteiger partial charge is 0.496 e. The molecule has 8 heteroatoms. The predicted octanol–water partition coefficient (Wildman–Crippen LogP) is 4.23. The number of rotatable bonds is 10. The molecule has 1 saturated heterocycles. The zero-order valence-corrected chi connectivity index (χ0v) is 21.6. The standard InChI is InChI=1S/C28H37N7O/c1-4-5-13-30-27-26-25(32-28(29)33-27)22-8-6-7-9-23(22)35(26)17-20-15-19(10-11-24(20)36-3)16-31-21-12-14-34(2)18-21/h6-11,15,21,31H,4-5,12-14,16-18H2,1-3H3,(H3,29,30,32,33). The van der Waals surface area contributed by atoms with E-state index in [9.17, 15) is 0 Å². The van der Waals surface area contributed by atoms with Gasteiger partial charge in [-0.2, -0.15) is 4.98 Å². The first-order chi connectivity index (χ1) is 17.6. The molecule has 1 fully saturated rings. The third-order valence-electron chi connectivity index (χ3n) is 7.10. The SMILES string of the molecule is CCCCNc1nc(N)nc2c3ccccc3n(Cc3cc(CNC4CCN(C)C4)ccc3OC)c12. The van der Waals surface area contributed by atoms with Crippen molar-refractivity contribution in [2.24, 2.45) is 0 Å². The van der Waals surface area contributed by atoms with E-state index in [2.05, 4.69) is 80.4 Å². The lowest BCUT2D eigenvalue weighted by Crippen LogP contribution is -2.30. The van der Waals surface area contributed by atoms with Crippen LogP contribution in [0.2, 0.25) is 0 Å². The average molecular weight is 488 g/mol. The maximum absolute atomic E-state index is 6.14. The second-order valence-electron chi connectivity index (χ2n) is 9.79. The molecule has 8 nitrogen and oxygen atoms in total. The highest BCUT2D eigenvalue weighted by Crippen LogP contribution is 2.34. The molecule has 0 bridgehead atoms. The number of nitrogens with two attached hydrogens (primary N) is 1. The molecule has 1 atom stereocenters. The number of nitrogen functional groups attached to an aromatic ring is 1. The highest BCUT2D eigenvalue weighted by Gasteiger charge is 2.20. The predicted molar refractivity (Wildman–Crippen MR) is 148 cm³/mol. The van der Waals surface area contributed by atoms with Gasteiger partial charge in [0.2, 0.25) is 5.95 Å². The average Bonchev–Trinajstić information content (AvgIpc) is 3.44. The Morgan fingerprint density at radius 2 is 2.03 bits per heavy atom. The summed E-state index contributed by atoms with van der Waals surface area (Å²) in [5.74, 6) is 1.94. The third kappa shape index (κ3) is 4.96. The van der Waals surface area contributed by atoms with Gasteiger partial charge in [0.25, 0.3) is 0 Å². The number of para-hydroxylation sites is 1. The number of aromatic nitrogens is 3. The molecule has 0 radical (unpaired) electrons. The summed E-state index contributed by atoms with van der Waals surface area (Å²) >= 11 is 0. The van der Waals surface area contributed by atoms with Gasteiger partial charge in [0.05, 0.1) is 19.2 Å². The zero-order chi connectivity index (χ0) is 25.1. The van der Waals surface area contributed by atoms with Crippen LogP contribution in [0.1, 0.15) is 37.3 Å². The fourth-order valence-corrected chi connectivity index (χ4v) is 5.22. The third-order valence-corrected chi connectivity index (χ3v) is 7.10. The van der Waals surface area contributed by atoms with Gasteiger partial charge in [-0.3, -0.25) is 0 Å². The van der Waals surface area contributed by atoms with Crippen LogP contribution in [-0.2, 0) is 13.1 Å². The molecule has 36 heavy (non-hydrogen) atoms. The summed E-state index contributed by atoms with van der Waals surface area (Å²) in [6, 6.07) is 15.4. The van der Waals surface area contributed by atoms with Crippen LogP contribution < -0.4 is 21.1 Å². The van der Waals surface area contributed by atoms with Gasteiger partial charge in [-0.1, -0.05) is 37.6 Å². The number of hydrogen-bond acceptors (Lipinski definition) is 7. The lowest BCUT2D eigenvalue weighted by atomic mass is 10.1. The number of ether oxygens (including phenoxy) is 1. The highest BCUT2D eigenvalue weighted by molar-refractivity contribution is 6.09. The van der Waals surface area contributed by atoms with Crippen molar-refractivity contribution in [3.8, 4) is 5.75 Å². The molecule has 0 saturated carbocycles. The quantitative estimate of drug-likeness (QED) is 0.288. The van der Waals surface area contributed by atoms with Gasteiger partial charge >= 0.3 is 0 Å². The lowest BCUT2D eigenvalue weighted by molar-refractivity contribution is 0.397. The van der Waals surface area contributed by atoms with Gasteiger partial charge in [0, 0.05) is 36.6 Å². The Morgan fingerprint density at radius 3 is 2.81 bits per heavy atom. The van der Waals surface area contributed by atoms with Crippen molar-refractivity contribution in [1.29, 1.82) is 0 Å². The normalized spacial score (nSPS) is 16.2. The van der Waals surface area contributed by atoms with E-state index >= 15 is 0 Å². The topological polar surface area (TPSA) is 93.3 Å². The molecule has 3 heterocycles. The van der Waals surface area contributed by atoms with Crippen molar-refractivity contribution in [1.82, 2.24) is 24.8 Å². The van der Waals surface area contributed by atoms with E-state index in [1.165, 1.54) is 12.0 Å². The minimum Gasteiger partial charge on any atom is -0.496 e. The van der Waals surface area contributed by atoms with Crippen LogP contribution in [-0.4, -0.2) is 59.3 Å². The van der Waals surface area contributed by atoms with Crippen LogP contribution in [0.25, 0.3) is 21.9 Å². The van der Waals surface area contributed by atoms with E-state index in [1.807, 2.05) is 6.07 Å². The van der Waals surface area contributed by atoms with Crippen LogP contribution in [0.5, 0.6) is 5.75 Å². The van der Waals surface area contributed by atoms with Crippen molar-refractivity contribution in [3.05, 3.63) is 53.6 Å². The molecular formula is C28H37N7O. The Bertz CT molecular complexity index is 1350. The highest BCUT2D eigenvalue weighted by atomic mass is 16.5. The summed E-state index contributed by atoms with van der Waals surface area (Å²) in [6.45, 7) is 6.75. The number of anilines is 2. The molecule has 0 aliphatic carbocycles. The van der Waals surface area contributed by atoms with Crippen molar-refractivity contribution in [2.45, 2.75) is 45.3 Å². The van der Waals surface area contributed by atoms with E-state index in [-0.39, 0.29) is 5.95 Å². The maximum atomic E-state index is 6.14. The number of likely N-dealkylation sites (tertiary alicyclic amines) is 1. The first-order valence-corrected chi connectivity index (χ1v) is 12.9. The van der Waals surface area contributed by atoms with Crippen molar-refractivity contribution in [2.75, 3.05) is 44.8 Å². The summed E-state index contributed by atoms with van der Waals surface area (Å²) < 4.78 is 8.08. The number of hydrogen-bond donors (Lipinski definition) is 3. The molecule has 1 unspecified atom stereocenters. The van der Waals surface area contributed by atoms with Crippen molar-refractivity contribution >= 4 is 33.7 Å². The second kappa shape index (κ2) is 10.7. The summed E-state index contributed by atoms with van der Waals surface area (Å²) in [5.41, 5.74) is 11.5. The van der Waals surface area contributed by atoms with Gasteiger partial charge in [0.15, 0.2) is 5.82 Å². The fraction of sp³-hybridized carbons (Fsp3) is 0.429. The molecule has 5 rings (SSSR count). The Hall–Kier alpha value is -3.36. The molecule has 4 N–H and O–H groups in total. The molecule has 4 aromatic rings. The number of unbranched alkanes of at least 4 members (excludes halogenated alkanes) is 1. The van der Waals surface area contributed by atoms with Gasteiger partial charge in [-0.25, -0.2) is 4.98 Å². The smallest absolute Gasteiger partial charge is 0.222 e. The molecule has 2 aromatic heterocycles. The Labute approximate surface area is 212 Å². The van der Waals surface area contributed by atoms with E-state index in [0.717, 1.165) is 78.1 Å². The first-order valence-electron chi connectivity index (χ1n) is 12.9. The molecule has 2 aromatic carbocycles. The molecule has 1 aliphatic rings. The summed E-state index contributed by atoms with van der Waals surface area (Å²) in [4.78, 5) is 11.6. The molecule has 0 spiro atoms. The molecular weight excluding hydrogens is 450 g/mol. The number of methoxy groups -OCH3 is 1. The number of nitrogens with one attached hydrogen (secondary N) is 2. The van der Waals surface area contributed by atoms with Gasteiger partial charge in [-0.15, -0.1) is 0 Å². The lowest BCUT2D eigenvalue weighted by Gasteiger charge is -2.17. The van der Waals surface area contributed by atoms with Crippen LogP contribution in [0.3, 0.4) is 0 Å². The Balaban J connectivity index is 1.53. The van der Waals surface area contributed by atoms with Crippen LogP contribution in [0, 0.1) is 0 Å². The Morgan fingerprint density at radius 1 is 1.17 bits per heavy atom. The second-order valence-corrected chi connectivity index (χ2v) is 9.79. The fourth-order valence-electron chi connectivity index (χ4n) is 5.22. The number of nitrogens with zero attached hydrogens (tertiary/aromatic N) is 4. The number of fused-ring (bicyclic) bond motifs is 3. The molecule has 1 aliphatic heterocycles. The van der Waals surface area contributed by atoms with Crippen LogP contribution >= 0.6 is 0 Å². The van der Waals surface area contributed by atoms with E-state index in [1.54, 1.807) is 7.11 Å². The van der Waals surface area contributed by atoms with E-state index < -0.39 is 0 Å². The zero-order valence-electron chi connectivity index (χ0n) is 21.6. The van der Waals surface area contributed by atoms with Gasteiger partial charge in [0.1, 0.15) is 16.8 Å². The summed E-state index contributed by atoms with van der Waals surface area (Å²) in [5, 5.41) is 8.31. The van der Waals surface area contributed by atoms with E-state index in [0.29, 0.717) is 12.6 Å². The van der Waals surface area contributed by atoms with E-state index in [4.69, 9.17) is 10.5 Å². The van der Waals surface area contributed by atoms with Crippen molar-refractivity contribution < 1.29 is 4.74 Å².